The van der Waals surface area contributed by atoms with E-state index >= 15 is 0 Å². The molecule has 2 atom stereocenters. The number of benzene rings is 1. The zero-order valence-corrected chi connectivity index (χ0v) is 11.3. The molecule has 2 unspecified atom stereocenters. The number of aromatic carboxylic acids is 1. The average molecular weight is 275 g/mol. The Morgan fingerprint density at radius 3 is 2.60 bits per heavy atom. The number of rotatable bonds is 4. The fraction of sp³-hybridized carbons (Fsp3) is 0.467. The fourth-order valence-electron chi connectivity index (χ4n) is 3.37. The number of hydrogen-bond acceptors (Lipinski definition) is 3. The van der Waals surface area contributed by atoms with Crippen molar-refractivity contribution in [1.82, 2.24) is 0 Å². The van der Waals surface area contributed by atoms with E-state index in [4.69, 9.17) is 9.84 Å². The number of amides is 1. The number of nitrogens with one attached hydrogen (secondary N) is 1. The Morgan fingerprint density at radius 1 is 1.30 bits per heavy atom. The van der Waals surface area contributed by atoms with E-state index in [1.165, 1.54) is 19.6 Å². The first-order chi connectivity index (χ1) is 9.61. The Kier molecular flexibility index (Phi) is 3.12. The molecule has 0 spiro atoms. The number of anilines is 1. The van der Waals surface area contributed by atoms with Crippen LogP contribution in [0.1, 0.15) is 29.6 Å². The van der Waals surface area contributed by atoms with E-state index < -0.39 is 5.97 Å². The van der Waals surface area contributed by atoms with Crippen LogP contribution < -0.4 is 10.1 Å². The quantitative estimate of drug-likeness (QED) is 0.884. The summed E-state index contributed by atoms with van der Waals surface area (Å²) in [6.45, 7) is 0. The molecule has 1 aromatic rings. The lowest BCUT2D eigenvalue weighted by atomic mass is 10.1. The maximum Gasteiger partial charge on any atom is 0.337 e. The number of carbonyl (C=O) groups is 2. The van der Waals surface area contributed by atoms with Gasteiger partial charge in [-0.3, -0.25) is 4.79 Å². The maximum atomic E-state index is 12.2. The van der Waals surface area contributed by atoms with Crippen LogP contribution in [0, 0.1) is 17.8 Å². The van der Waals surface area contributed by atoms with Gasteiger partial charge in [0, 0.05) is 12.0 Å². The Morgan fingerprint density at radius 2 is 2.00 bits per heavy atom. The van der Waals surface area contributed by atoms with Gasteiger partial charge in [-0.15, -0.1) is 0 Å². The second kappa shape index (κ2) is 4.81. The SMILES string of the molecule is COc1ccc(C(=O)O)c(NC(=O)C2C3CCCC32)c1. The highest BCUT2D eigenvalue weighted by Crippen LogP contribution is 2.57. The Balaban J connectivity index is 1.78. The van der Waals surface area contributed by atoms with Crippen LogP contribution in [0.4, 0.5) is 5.69 Å². The van der Waals surface area contributed by atoms with Gasteiger partial charge in [-0.2, -0.15) is 0 Å². The largest absolute Gasteiger partial charge is 0.497 e. The minimum Gasteiger partial charge on any atom is -0.497 e. The van der Waals surface area contributed by atoms with Gasteiger partial charge < -0.3 is 15.2 Å². The molecule has 1 aromatic carbocycles. The summed E-state index contributed by atoms with van der Waals surface area (Å²) in [5.74, 6) is 0.495. The molecule has 5 heteroatoms. The standard InChI is InChI=1S/C15H17NO4/c1-20-8-5-6-11(15(18)19)12(7-8)16-14(17)13-9-3-2-4-10(9)13/h5-7,9-10,13H,2-4H2,1H3,(H,16,17)(H,18,19). The van der Waals surface area contributed by atoms with Crippen LogP contribution in [-0.2, 0) is 4.79 Å². The van der Waals surface area contributed by atoms with Crippen molar-refractivity contribution >= 4 is 17.6 Å². The molecular weight excluding hydrogens is 258 g/mol. The van der Waals surface area contributed by atoms with Gasteiger partial charge >= 0.3 is 5.97 Å². The average Bonchev–Trinajstić information content (AvgIpc) is 2.92. The Bertz CT molecular complexity index is 559. The minimum absolute atomic E-state index is 0.0598. The molecule has 3 rings (SSSR count). The number of carboxylic acid groups (broad SMARTS) is 1. The van der Waals surface area contributed by atoms with Crippen molar-refractivity contribution in [3.8, 4) is 5.75 Å². The number of carbonyl (C=O) groups excluding carboxylic acids is 1. The third kappa shape index (κ3) is 2.13. The van der Waals surface area contributed by atoms with Crippen LogP contribution in [0.25, 0.3) is 0 Å². The van der Waals surface area contributed by atoms with Crippen molar-refractivity contribution in [2.45, 2.75) is 19.3 Å². The molecule has 2 aliphatic carbocycles. The normalized spacial score (nSPS) is 26.8. The maximum absolute atomic E-state index is 12.2. The summed E-state index contributed by atoms with van der Waals surface area (Å²) in [7, 11) is 1.51. The Hall–Kier alpha value is -2.04. The van der Waals surface area contributed by atoms with Crippen molar-refractivity contribution in [3.05, 3.63) is 23.8 Å². The van der Waals surface area contributed by atoms with Crippen molar-refractivity contribution in [2.75, 3.05) is 12.4 Å². The monoisotopic (exact) mass is 275 g/mol. The van der Waals surface area contributed by atoms with Gasteiger partial charge in [0.2, 0.25) is 5.91 Å². The van der Waals surface area contributed by atoms with Gasteiger partial charge in [-0.1, -0.05) is 6.42 Å². The van der Waals surface area contributed by atoms with Crippen LogP contribution in [0.5, 0.6) is 5.75 Å². The van der Waals surface area contributed by atoms with E-state index in [1.807, 2.05) is 0 Å². The smallest absolute Gasteiger partial charge is 0.337 e. The molecule has 2 aliphatic rings. The molecule has 20 heavy (non-hydrogen) atoms. The third-order valence-electron chi connectivity index (χ3n) is 4.42. The molecule has 0 heterocycles. The first-order valence-electron chi connectivity index (χ1n) is 6.84. The molecule has 0 radical (unpaired) electrons. The number of hydrogen-bond donors (Lipinski definition) is 2. The lowest BCUT2D eigenvalue weighted by Crippen LogP contribution is -2.18. The van der Waals surface area contributed by atoms with Gasteiger partial charge in [0.15, 0.2) is 0 Å². The first-order valence-corrected chi connectivity index (χ1v) is 6.84. The van der Waals surface area contributed by atoms with Crippen LogP contribution in [0.15, 0.2) is 18.2 Å². The number of fused-ring (bicyclic) bond motifs is 1. The summed E-state index contributed by atoms with van der Waals surface area (Å²) in [6.07, 6.45) is 3.44. The summed E-state index contributed by atoms with van der Waals surface area (Å²) in [5, 5.41) is 11.9. The fourth-order valence-corrected chi connectivity index (χ4v) is 3.37. The van der Waals surface area contributed by atoms with Crippen LogP contribution in [0.2, 0.25) is 0 Å². The highest BCUT2D eigenvalue weighted by atomic mass is 16.5. The molecule has 0 saturated heterocycles. The second-order valence-electron chi connectivity index (χ2n) is 5.49. The van der Waals surface area contributed by atoms with Crippen molar-refractivity contribution in [3.63, 3.8) is 0 Å². The number of methoxy groups -OCH3 is 1. The first kappa shape index (κ1) is 13.0. The zero-order chi connectivity index (χ0) is 14.3. The summed E-state index contributed by atoms with van der Waals surface area (Å²) in [4.78, 5) is 23.4. The van der Waals surface area contributed by atoms with Gasteiger partial charge in [-0.25, -0.2) is 4.79 Å². The van der Waals surface area contributed by atoms with Crippen molar-refractivity contribution < 1.29 is 19.4 Å². The second-order valence-corrected chi connectivity index (χ2v) is 5.49. The molecule has 2 fully saturated rings. The van der Waals surface area contributed by atoms with E-state index in [-0.39, 0.29) is 17.4 Å². The molecular formula is C15H17NO4. The predicted octanol–water partition coefficient (Wildman–Crippen LogP) is 2.38. The lowest BCUT2D eigenvalue weighted by Gasteiger charge is -2.11. The molecule has 106 valence electrons. The molecule has 2 N–H and O–H groups in total. The van der Waals surface area contributed by atoms with E-state index in [0.29, 0.717) is 23.3 Å². The van der Waals surface area contributed by atoms with E-state index in [9.17, 15) is 9.59 Å². The molecule has 0 aliphatic heterocycles. The van der Waals surface area contributed by atoms with Crippen molar-refractivity contribution in [2.24, 2.45) is 17.8 Å². The highest BCUT2D eigenvalue weighted by molar-refractivity contribution is 6.02. The molecule has 0 bridgehead atoms. The topological polar surface area (TPSA) is 75.6 Å². The summed E-state index contributed by atoms with van der Waals surface area (Å²) in [5.41, 5.74) is 0.400. The van der Waals surface area contributed by atoms with E-state index in [2.05, 4.69) is 5.32 Å². The minimum atomic E-state index is -1.06. The van der Waals surface area contributed by atoms with Crippen molar-refractivity contribution in [1.29, 1.82) is 0 Å². The zero-order valence-electron chi connectivity index (χ0n) is 11.3. The van der Waals surface area contributed by atoms with Gasteiger partial charge in [0.05, 0.1) is 18.4 Å². The van der Waals surface area contributed by atoms with Gasteiger partial charge in [0.25, 0.3) is 0 Å². The van der Waals surface area contributed by atoms with Crippen LogP contribution in [-0.4, -0.2) is 24.1 Å². The Labute approximate surface area is 116 Å². The highest BCUT2D eigenvalue weighted by Gasteiger charge is 2.56. The predicted molar refractivity (Wildman–Crippen MR) is 72.9 cm³/mol. The number of ether oxygens (including phenoxy) is 1. The molecule has 2 saturated carbocycles. The lowest BCUT2D eigenvalue weighted by molar-refractivity contribution is -0.118. The van der Waals surface area contributed by atoms with Crippen LogP contribution in [0.3, 0.4) is 0 Å². The van der Waals surface area contributed by atoms with Crippen LogP contribution >= 0.6 is 0 Å². The van der Waals surface area contributed by atoms with E-state index in [1.54, 1.807) is 12.1 Å². The molecule has 0 aromatic heterocycles. The summed E-state index contributed by atoms with van der Waals surface area (Å²) >= 11 is 0. The number of carboxylic acids is 1. The third-order valence-corrected chi connectivity index (χ3v) is 4.42. The van der Waals surface area contributed by atoms with Gasteiger partial charge in [0.1, 0.15) is 5.75 Å². The molecule has 5 nitrogen and oxygen atoms in total. The van der Waals surface area contributed by atoms with Gasteiger partial charge in [-0.05, 0) is 36.8 Å². The summed E-state index contributed by atoms with van der Waals surface area (Å²) < 4.78 is 5.08. The molecule has 1 amide bonds. The summed E-state index contributed by atoms with van der Waals surface area (Å²) in [6, 6.07) is 4.58. The van der Waals surface area contributed by atoms with E-state index in [0.717, 1.165) is 12.8 Å².